The molecule has 3 aliphatic heterocycles. The van der Waals surface area contributed by atoms with Crippen molar-refractivity contribution in [3.63, 3.8) is 0 Å². The van der Waals surface area contributed by atoms with Gasteiger partial charge in [-0.3, -0.25) is 14.4 Å². The zero-order chi connectivity index (χ0) is 49.3. The third kappa shape index (κ3) is 10.5. The number of rotatable bonds is 16. The van der Waals surface area contributed by atoms with E-state index in [4.69, 9.17) is 47.4 Å². The summed E-state index contributed by atoms with van der Waals surface area (Å²) in [6.45, 7) is 10.3. The number of allylic oxidation sites excluding steroid dienone is 1. The summed E-state index contributed by atoms with van der Waals surface area (Å²) in [5.74, 6) is -2.91. The van der Waals surface area contributed by atoms with Crippen molar-refractivity contribution in [1.82, 2.24) is 0 Å². The van der Waals surface area contributed by atoms with Gasteiger partial charge in [0.1, 0.15) is 48.2 Å². The first-order chi connectivity index (χ1) is 32.3. The molecule has 17 heteroatoms. The highest BCUT2D eigenvalue weighted by Crippen LogP contribution is 2.57. The van der Waals surface area contributed by atoms with Gasteiger partial charge in [-0.1, -0.05) is 37.3 Å². The van der Waals surface area contributed by atoms with Crippen LogP contribution in [0.25, 0.3) is 6.08 Å². The third-order valence-electron chi connectivity index (χ3n) is 16.1. The maximum atomic E-state index is 14.0. The van der Waals surface area contributed by atoms with Crippen molar-refractivity contribution < 1.29 is 81.9 Å². The lowest BCUT2D eigenvalue weighted by atomic mass is 9.52. The van der Waals surface area contributed by atoms with Crippen LogP contribution in [0.3, 0.4) is 0 Å². The Balaban J connectivity index is 0.993. The minimum absolute atomic E-state index is 0.0654. The second-order valence-corrected chi connectivity index (χ2v) is 20.1. The topological polar surface area (TPSA) is 221 Å². The first kappa shape index (κ1) is 52.5. The van der Waals surface area contributed by atoms with Crippen LogP contribution in [0.5, 0.6) is 0 Å². The number of ketones is 3. The van der Waals surface area contributed by atoms with Crippen molar-refractivity contribution in [2.45, 2.75) is 191 Å². The molecule has 0 aromatic heterocycles. The van der Waals surface area contributed by atoms with Crippen molar-refractivity contribution in [2.24, 2.45) is 22.7 Å². The van der Waals surface area contributed by atoms with E-state index in [0.717, 1.165) is 5.56 Å². The van der Waals surface area contributed by atoms with Crippen molar-refractivity contribution in [1.29, 1.82) is 0 Å². The SMILES string of the molecule is COC1CC(OC2CCC3(C)C(CC(OC(=O)C=Cc4ccccc4)C4(C)C(=O)CCC4C(C)=O)C(=O)C=CC3(O)C2)OC(C)C1OC1CC(OC)C(OC2OC(C)C(O)C(OC)C2O)C(C)O1. The second kappa shape index (κ2) is 21.6. The van der Waals surface area contributed by atoms with Crippen molar-refractivity contribution >= 4 is 29.4 Å². The lowest BCUT2D eigenvalue weighted by Crippen LogP contribution is -2.61. The minimum atomic E-state index is -1.52. The smallest absolute Gasteiger partial charge is 0.331 e. The molecular weight excluding hydrogens is 885 g/mol. The molecule has 3 aliphatic carbocycles. The van der Waals surface area contributed by atoms with Gasteiger partial charge in [0, 0.05) is 70.3 Å². The number of aliphatic hydroxyl groups is 3. The quantitative estimate of drug-likeness (QED) is 0.156. The highest BCUT2D eigenvalue weighted by molar-refractivity contribution is 5.97. The second-order valence-electron chi connectivity index (χ2n) is 20.1. The van der Waals surface area contributed by atoms with Crippen LogP contribution in [-0.2, 0) is 66.5 Å². The van der Waals surface area contributed by atoms with Gasteiger partial charge in [-0.05, 0) is 84.1 Å². The van der Waals surface area contributed by atoms with Crippen LogP contribution >= 0.6 is 0 Å². The van der Waals surface area contributed by atoms with Crippen LogP contribution in [0.2, 0.25) is 0 Å². The number of Topliss-reactive ketones (excluding diaryl/α,β-unsaturated/α-hetero) is 2. The molecule has 1 aromatic carbocycles. The van der Waals surface area contributed by atoms with E-state index in [1.165, 1.54) is 32.3 Å². The van der Waals surface area contributed by atoms with Gasteiger partial charge in [0.2, 0.25) is 0 Å². The lowest BCUT2D eigenvalue weighted by molar-refractivity contribution is -0.352. The van der Waals surface area contributed by atoms with Crippen LogP contribution in [0, 0.1) is 22.7 Å². The summed E-state index contributed by atoms with van der Waals surface area (Å²) >= 11 is 0. The van der Waals surface area contributed by atoms with E-state index < -0.39 is 126 Å². The molecule has 20 atom stereocenters. The van der Waals surface area contributed by atoms with Crippen LogP contribution in [0.4, 0.5) is 0 Å². The van der Waals surface area contributed by atoms with Gasteiger partial charge in [0.05, 0.1) is 47.6 Å². The van der Waals surface area contributed by atoms with Gasteiger partial charge in [0.25, 0.3) is 0 Å². The molecule has 0 bridgehead atoms. The summed E-state index contributed by atoms with van der Waals surface area (Å²) in [6.07, 6.45) is -3.57. The molecule has 20 unspecified atom stereocenters. The zero-order valence-corrected chi connectivity index (χ0v) is 40.7. The number of methoxy groups -OCH3 is 3. The lowest BCUT2D eigenvalue weighted by Gasteiger charge is -2.55. The molecule has 3 saturated heterocycles. The Morgan fingerprint density at radius 2 is 1.46 bits per heavy atom. The van der Waals surface area contributed by atoms with Crippen molar-refractivity contribution in [2.75, 3.05) is 21.3 Å². The molecule has 5 fully saturated rings. The third-order valence-corrected chi connectivity index (χ3v) is 16.1. The van der Waals surface area contributed by atoms with Crippen molar-refractivity contribution in [3.8, 4) is 0 Å². The molecule has 7 rings (SSSR count). The number of fused-ring (bicyclic) bond motifs is 1. The zero-order valence-electron chi connectivity index (χ0n) is 40.7. The molecule has 378 valence electrons. The number of ether oxygens (including phenoxy) is 10. The number of benzene rings is 1. The largest absolute Gasteiger partial charge is 0.458 e. The van der Waals surface area contributed by atoms with Gasteiger partial charge in [-0.25, -0.2) is 4.79 Å². The maximum Gasteiger partial charge on any atom is 0.331 e. The molecule has 2 saturated carbocycles. The molecule has 0 spiro atoms. The highest BCUT2D eigenvalue weighted by atomic mass is 16.8. The molecule has 1 aromatic rings. The standard InChI is InChI=1S/C51H72O17/c1-27(52)33-16-17-38(54)50(33,6)39(66-40(55)18-15-31-13-11-10-12-14-31)23-34-35(53)20-22-51(58)26-32(19-21-49(34,51)5)65-41-24-36(59-7)45(29(3)62-41)67-42-25-37(60-8)46(30(4)63-42)68-48-44(57)47(61-9)43(56)28(2)64-48/h10-15,18,20,22,28-30,32-34,36-37,39,41-48,56-58H,16-17,19,21,23-26H2,1-9H3. The van der Waals surface area contributed by atoms with Gasteiger partial charge < -0.3 is 62.7 Å². The van der Waals surface area contributed by atoms with E-state index >= 15 is 0 Å². The van der Waals surface area contributed by atoms with Gasteiger partial charge >= 0.3 is 5.97 Å². The Hall–Kier alpha value is -3.30. The fourth-order valence-corrected chi connectivity index (χ4v) is 11.8. The summed E-state index contributed by atoms with van der Waals surface area (Å²) < 4.78 is 61.2. The first-order valence-electron chi connectivity index (χ1n) is 24.1. The fraction of sp³-hybridized carbons (Fsp3) is 0.725. The Kier molecular flexibility index (Phi) is 16.7. The molecule has 3 heterocycles. The normalized spacial score (nSPS) is 43.6. The summed E-state index contributed by atoms with van der Waals surface area (Å²) in [5.41, 5.74) is -3.17. The Morgan fingerprint density at radius 1 is 0.824 bits per heavy atom. The predicted molar refractivity (Wildman–Crippen MR) is 242 cm³/mol. The summed E-state index contributed by atoms with van der Waals surface area (Å²) in [7, 11) is 4.55. The summed E-state index contributed by atoms with van der Waals surface area (Å²) in [5, 5.41) is 33.9. The van der Waals surface area contributed by atoms with E-state index in [-0.39, 0.29) is 43.0 Å². The monoisotopic (exact) mass is 956 g/mol. The number of carbonyl (C=O) groups is 4. The van der Waals surface area contributed by atoms with Gasteiger partial charge in [0.15, 0.2) is 24.7 Å². The average molecular weight is 957 g/mol. The van der Waals surface area contributed by atoms with Gasteiger partial charge in [-0.2, -0.15) is 0 Å². The van der Waals surface area contributed by atoms with Crippen LogP contribution in [-0.4, -0.2) is 158 Å². The summed E-state index contributed by atoms with van der Waals surface area (Å²) in [4.78, 5) is 54.3. The Labute approximate surface area is 399 Å². The van der Waals surface area contributed by atoms with E-state index in [9.17, 15) is 34.5 Å². The first-order valence-corrected chi connectivity index (χ1v) is 24.1. The van der Waals surface area contributed by atoms with Crippen LogP contribution in [0.1, 0.15) is 98.5 Å². The minimum Gasteiger partial charge on any atom is -0.458 e. The molecule has 6 aliphatic rings. The average Bonchev–Trinajstić information content (AvgIpc) is 3.62. The number of esters is 1. The Bertz CT molecular complexity index is 1990. The molecule has 3 N–H and O–H groups in total. The molecule has 68 heavy (non-hydrogen) atoms. The van der Waals surface area contributed by atoms with E-state index in [0.29, 0.717) is 25.7 Å². The molecular formula is C51H72O17. The fourth-order valence-electron chi connectivity index (χ4n) is 11.8. The maximum absolute atomic E-state index is 14.0. The van der Waals surface area contributed by atoms with E-state index in [1.807, 2.05) is 51.1 Å². The van der Waals surface area contributed by atoms with Crippen molar-refractivity contribution in [3.05, 3.63) is 54.1 Å². The highest BCUT2D eigenvalue weighted by Gasteiger charge is 2.62. The number of hydrogen-bond acceptors (Lipinski definition) is 17. The Morgan fingerprint density at radius 3 is 2.07 bits per heavy atom. The molecule has 17 nitrogen and oxygen atoms in total. The van der Waals surface area contributed by atoms with E-state index in [1.54, 1.807) is 34.1 Å². The van der Waals surface area contributed by atoms with Crippen LogP contribution < -0.4 is 0 Å². The molecule has 0 amide bonds. The summed E-state index contributed by atoms with van der Waals surface area (Å²) in [6, 6.07) is 9.20. The number of aliphatic hydroxyl groups excluding tert-OH is 2. The number of hydrogen-bond donors (Lipinski definition) is 3. The van der Waals surface area contributed by atoms with Crippen LogP contribution in [0.15, 0.2) is 48.6 Å². The van der Waals surface area contributed by atoms with E-state index in [2.05, 4.69) is 0 Å². The number of carbonyl (C=O) groups excluding carboxylic acids is 4. The molecule has 0 radical (unpaired) electrons. The van der Waals surface area contributed by atoms with Gasteiger partial charge in [-0.15, -0.1) is 0 Å². The predicted octanol–water partition coefficient (Wildman–Crippen LogP) is 4.19.